The van der Waals surface area contributed by atoms with E-state index in [0.29, 0.717) is 6.04 Å². The highest BCUT2D eigenvalue weighted by Crippen LogP contribution is 2.05. The van der Waals surface area contributed by atoms with Gasteiger partial charge in [0.15, 0.2) is 0 Å². The first kappa shape index (κ1) is 18.4. The third kappa shape index (κ3) is 13.7. The molecule has 0 aliphatic carbocycles. The molecule has 0 fully saturated rings. The van der Waals surface area contributed by atoms with Crippen molar-refractivity contribution in [3.8, 4) is 0 Å². The van der Waals surface area contributed by atoms with Crippen molar-refractivity contribution < 1.29 is 0 Å². The lowest BCUT2D eigenvalue weighted by molar-refractivity contribution is 0.670. The molecule has 0 unspecified atom stereocenters. The van der Waals surface area contributed by atoms with Crippen LogP contribution in [-0.4, -0.2) is 13.1 Å². The summed E-state index contributed by atoms with van der Waals surface area (Å²) in [4.78, 5) is 0. The fraction of sp³-hybridized carbons (Fsp3) is 0.778. The topological polar surface area (TPSA) is 12.0 Å². The maximum absolute atomic E-state index is 3.33. The predicted molar refractivity (Wildman–Crippen MR) is 88.6 cm³/mol. The van der Waals surface area contributed by atoms with Crippen molar-refractivity contribution in [2.45, 2.75) is 84.1 Å². The molecule has 0 saturated carbocycles. The van der Waals surface area contributed by atoms with Crippen molar-refractivity contribution in [2.24, 2.45) is 0 Å². The van der Waals surface area contributed by atoms with Gasteiger partial charge in [-0.2, -0.15) is 0 Å². The van der Waals surface area contributed by atoms with Crippen molar-refractivity contribution in [3.05, 3.63) is 24.3 Å². The summed E-state index contributed by atoms with van der Waals surface area (Å²) in [6, 6.07) is 0.414. The minimum Gasteiger partial charge on any atom is -0.310 e. The average molecular weight is 265 g/mol. The quantitative estimate of drug-likeness (QED) is 0.336. The van der Waals surface area contributed by atoms with Crippen molar-refractivity contribution in [3.63, 3.8) is 0 Å². The Morgan fingerprint density at radius 2 is 1.21 bits per heavy atom. The molecular formula is C18H35N. The van der Waals surface area contributed by atoms with Crippen LogP contribution in [0.15, 0.2) is 24.3 Å². The van der Waals surface area contributed by atoms with Crippen LogP contribution in [0.4, 0.5) is 0 Å². The first-order chi connectivity index (χ1) is 9.35. The fourth-order valence-corrected chi connectivity index (χ4v) is 2.12. The molecule has 1 N–H and O–H groups in total. The molecular weight excluding hydrogens is 230 g/mol. The van der Waals surface area contributed by atoms with E-state index in [1.807, 2.05) is 7.05 Å². The van der Waals surface area contributed by atoms with Gasteiger partial charge in [-0.3, -0.25) is 0 Å². The molecule has 0 spiro atoms. The molecule has 112 valence electrons. The van der Waals surface area contributed by atoms with Crippen LogP contribution < -0.4 is 5.32 Å². The molecule has 0 heterocycles. The summed E-state index contributed by atoms with van der Waals surface area (Å²) in [6.45, 7) is 4.52. The lowest BCUT2D eigenvalue weighted by atomic mass is 10.1. The monoisotopic (exact) mass is 265 g/mol. The average Bonchev–Trinajstić information content (AvgIpc) is 2.44. The van der Waals surface area contributed by atoms with Gasteiger partial charge in [-0.25, -0.2) is 0 Å². The first-order valence-electron chi connectivity index (χ1n) is 8.35. The van der Waals surface area contributed by atoms with Crippen molar-refractivity contribution >= 4 is 0 Å². The lowest BCUT2D eigenvalue weighted by Gasteiger charge is -2.05. The second kappa shape index (κ2) is 15.5. The van der Waals surface area contributed by atoms with Crippen LogP contribution in [0, 0.1) is 0 Å². The Balaban J connectivity index is 3.62. The molecule has 0 amide bonds. The summed E-state index contributed by atoms with van der Waals surface area (Å²) in [5.41, 5.74) is 0. The largest absolute Gasteiger partial charge is 0.310 e. The summed E-state index contributed by atoms with van der Waals surface area (Å²) in [6.07, 6.45) is 22.5. The molecule has 0 aliphatic heterocycles. The highest BCUT2D eigenvalue weighted by atomic mass is 14.8. The van der Waals surface area contributed by atoms with E-state index in [2.05, 4.69) is 43.5 Å². The SMILES string of the molecule is CCCCCCC=CC(C=CCCCCCC)NC. The van der Waals surface area contributed by atoms with E-state index in [9.17, 15) is 0 Å². The van der Waals surface area contributed by atoms with E-state index in [4.69, 9.17) is 0 Å². The third-order valence-electron chi connectivity index (χ3n) is 3.47. The van der Waals surface area contributed by atoms with Crippen LogP contribution in [0.5, 0.6) is 0 Å². The van der Waals surface area contributed by atoms with Gasteiger partial charge in [0.1, 0.15) is 0 Å². The second-order valence-corrected chi connectivity index (χ2v) is 5.37. The number of rotatable bonds is 13. The Bertz CT molecular complexity index is 196. The Morgan fingerprint density at radius 1 is 0.737 bits per heavy atom. The maximum Gasteiger partial charge on any atom is 0.0433 e. The minimum atomic E-state index is 0.414. The van der Waals surface area contributed by atoms with Crippen LogP contribution in [0.3, 0.4) is 0 Å². The maximum atomic E-state index is 3.33. The Morgan fingerprint density at radius 3 is 1.58 bits per heavy atom. The number of hydrogen-bond acceptors (Lipinski definition) is 1. The van der Waals surface area contributed by atoms with Gasteiger partial charge in [0.2, 0.25) is 0 Å². The molecule has 19 heavy (non-hydrogen) atoms. The van der Waals surface area contributed by atoms with E-state index in [0.717, 1.165) is 0 Å². The standard InChI is InChI=1S/C18H35N/c1-4-6-8-10-12-14-16-18(19-3)17-15-13-11-9-7-5-2/h14-19H,4-13H2,1-3H3. The van der Waals surface area contributed by atoms with Gasteiger partial charge in [-0.15, -0.1) is 0 Å². The van der Waals surface area contributed by atoms with Crippen molar-refractivity contribution in [2.75, 3.05) is 7.05 Å². The van der Waals surface area contributed by atoms with E-state index in [-0.39, 0.29) is 0 Å². The molecule has 0 aliphatic rings. The van der Waals surface area contributed by atoms with Crippen LogP contribution in [0.2, 0.25) is 0 Å². The van der Waals surface area contributed by atoms with Gasteiger partial charge in [0, 0.05) is 6.04 Å². The van der Waals surface area contributed by atoms with Gasteiger partial charge in [-0.1, -0.05) is 76.7 Å². The van der Waals surface area contributed by atoms with E-state index in [1.54, 1.807) is 0 Å². The number of unbranched alkanes of at least 4 members (excludes halogenated alkanes) is 8. The summed E-state index contributed by atoms with van der Waals surface area (Å²) >= 11 is 0. The van der Waals surface area contributed by atoms with E-state index >= 15 is 0 Å². The van der Waals surface area contributed by atoms with Crippen LogP contribution in [-0.2, 0) is 0 Å². The van der Waals surface area contributed by atoms with Crippen LogP contribution in [0.25, 0.3) is 0 Å². The molecule has 0 bridgehead atoms. The molecule has 1 nitrogen and oxygen atoms in total. The lowest BCUT2D eigenvalue weighted by Crippen LogP contribution is -2.19. The summed E-state index contributed by atoms with van der Waals surface area (Å²) in [5, 5.41) is 3.33. The smallest absolute Gasteiger partial charge is 0.0433 e. The Labute approximate surface area is 121 Å². The van der Waals surface area contributed by atoms with Gasteiger partial charge in [0.25, 0.3) is 0 Å². The van der Waals surface area contributed by atoms with Gasteiger partial charge < -0.3 is 5.32 Å². The van der Waals surface area contributed by atoms with E-state index < -0.39 is 0 Å². The van der Waals surface area contributed by atoms with Gasteiger partial charge >= 0.3 is 0 Å². The molecule has 0 radical (unpaired) electrons. The predicted octanol–water partition coefficient (Wildman–Crippen LogP) is 5.63. The minimum absolute atomic E-state index is 0.414. The third-order valence-corrected chi connectivity index (χ3v) is 3.47. The Hall–Kier alpha value is -0.560. The number of hydrogen-bond donors (Lipinski definition) is 1. The van der Waals surface area contributed by atoms with Gasteiger partial charge in [0.05, 0.1) is 0 Å². The molecule has 0 atom stereocenters. The van der Waals surface area contributed by atoms with Crippen LogP contribution >= 0.6 is 0 Å². The zero-order chi connectivity index (χ0) is 14.2. The summed E-state index contributed by atoms with van der Waals surface area (Å²) in [7, 11) is 2.04. The molecule has 1 heteroatoms. The zero-order valence-corrected chi connectivity index (χ0v) is 13.5. The number of nitrogens with one attached hydrogen (secondary N) is 1. The molecule has 0 rings (SSSR count). The number of likely N-dealkylation sites (N-methyl/N-ethyl adjacent to an activating group) is 1. The molecule has 0 saturated heterocycles. The second-order valence-electron chi connectivity index (χ2n) is 5.37. The highest BCUT2D eigenvalue weighted by molar-refractivity contribution is 5.05. The van der Waals surface area contributed by atoms with E-state index in [1.165, 1.54) is 64.2 Å². The first-order valence-corrected chi connectivity index (χ1v) is 8.35. The van der Waals surface area contributed by atoms with Crippen molar-refractivity contribution in [1.29, 1.82) is 0 Å². The Kier molecular flexibility index (Phi) is 15.0. The zero-order valence-electron chi connectivity index (χ0n) is 13.5. The summed E-state index contributed by atoms with van der Waals surface area (Å²) in [5.74, 6) is 0. The van der Waals surface area contributed by atoms with Crippen LogP contribution in [0.1, 0.15) is 78.1 Å². The summed E-state index contributed by atoms with van der Waals surface area (Å²) < 4.78 is 0. The fourth-order valence-electron chi connectivity index (χ4n) is 2.12. The molecule has 0 aromatic rings. The normalized spacial score (nSPS) is 13.6. The highest BCUT2D eigenvalue weighted by Gasteiger charge is 1.94. The molecule has 0 aromatic carbocycles. The number of allylic oxidation sites excluding steroid dienone is 2. The van der Waals surface area contributed by atoms with Crippen molar-refractivity contribution in [1.82, 2.24) is 5.32 Å². The van der Waals surface area contributed by atoms with Gasteiger partial charge in [-0.05, 0) is 32.7 Å². The molecule has 0 aromatic heterocycles.